The van der Waals surface area contributed by atoms with Gasteiger partial charge < -0.3 is 4.90 Å². The molecule has 1 saturated carbocycles. The predicted octanol–water partition coefficient (Wildman–Crippen LogP) is 5.02. The minimum absolute atomic E-state index is 0.148. The van der Waals surface area contributed by atoms with E-state index in [1.165, 1.54) is 37.7 Å². The first-order chi connectivity index (χ1) is 10.9. The molecule has 23 heavy (non-hydrogen) atoms. The SMILES string of the molecule is CCCC1CC(c2ccc(Cl)cc2)(N(C)C)CCC1N(C)CC. The molecule has 1 aromatic rings. The maximum absolute atomic E-state index is 6.12. The van der Waals surface area contributed by atoms with Crippen molar-refractivity contribution < 1.29 is 0 Å². The van der Waals surface area contributed by atoms with Gasteiger partial charge in [0, 0.05) is 16.6 Å². The Morgan fingerprint density at radius 2 is 1.78 bits per heavy atom. The lowest BCUT2D eigenvalue weighted by Crippen LogP contribution is -2.52. The average Bonchev–Trinajstić information content (AvgIpc) is 2.54. The summed E-state index contributed by atoms with van der Waals surface area (Å²) in [5.41, 5.74) is 1.57. The first-order valence-corrected chi connectivity index (χ1v) is 9.46. The Balaban J connectivity index is 2.32. The van der Waals surface area contributed by atoms with Gasteiger partial charge >= 0.3 is 0 Å². The molecule has 3 unspecified atom stereocenters. The van der Waals surface area contributed by atoms with Crippen LogP contribution in [0, 0.1) is 5.92 Å². The Kier molecular flexibility index (Phi) is 6.53. The largest absolute Gasteiger partial charge is 0.303 e. The summed E-state index contributed by atoms with van der Waals surface area (Å²) in [6.45, 7) is 5.73. The second-order valence-corrected chi connectivity index (χ2v) is 7.80. The van der Waals surface area contributed by atoms with Crippen molar-refractivity contribution in [1.29, 1.82) is 0 Å². The quantitative estimate of drug-likeness (QED) is 0.719. The number of benzene rings is 1. The molecular formula is C20H33ClN2. The molecule has 1 aliphatic rings. The molecule has 0 saturated heterocycles. The third-order valence-electron chi connectivity index (χ3n) is 5.96. The van der Waals surface area contributed by atoms with Crippen LogP contribution < -0.4 is 0 Å². The van der Waals surface area contributed by atoms with Crippen molar-refractivity contribution in [1.82, 2.24) is 9.80 Å². The Bertz CT molecular complexity index is 485. The van der Waals surface area contributed by atoms with E-state index in [4.69, 9.17) is 11.6 Å². The highest BCUT2D eigenvalue weighted by molar-refractivity contribution is 6.30. The number of nitrogens with zero attached hydrogens (tertiary/aromatic N) is 2. The first-order valence-electron chi connectivity index (χ1n) is 9.08. The molecule has 1 aromatic carbocycles. The van der Waals surface area contributed by atoms with Crippen LogP contribution in [0.3, 0.4) is 0 Å². The van der Waals surface area contributed by atoms with Crippen LogP contribution in [0.15, 0.2) is 24.3 Å². The van der Waals surface area contributed by atoms with E-state index in [0.29, 0.717) is 0 Å². The van der Waals surface area contributed by atoms with Gasteiger partial charge in [0.1, 0.15) is 0 Å². The molecule has 0 N–H and O–H groups in total. The molecule has 0 aromatic heterocycles. The van der Waals surface area contributed by atoms with E-state index in [-0.39, 0.29) is 5.54 Å². The zero-order valence-electron chi connectivity index (χ0n) is 15.5. The standard InChI is InChI=1S/C20H33ClN2/c1-6-8-16-15-20(22(3)4,14-13-19(16)23(5)7-2)17-9-11-18(21)12-10-17/h9-12,16,19H,6-8,13-15H2,1-5H3. The lowest BCUT2D eigenvalue weighted by Gasteiger charge is -2.51. The summed E-state index contributed by atoms with van der Waals surface area (Å²) in [4.78, 5) is 5.00. The van der Waals surface area contributed by atoms with E-state index in [9.17, 15) is 0 Å². The van der Waals surface area contributed by atoms with Gasteiger partial charge in [-0.1, -0.05) is 44.0 Å². The van der Waals surface area contributed by atoms with Crippen molar-refractivity contribution >= 4 is 11.6 Å². The van der Waals surface area contributed by atoms with Gasteiger partial charge in [-0.25, -0.2) is 0 Å². The lowest BCUT2D eigenvalue weighted by molar-refractivity contribution is 0.0142. The van der Waals surface area contributed by atoms with Crippen LogP contribution in [0.1, 0.15) is 51.5 Å². The molecule has 130 valence electrons. The minimum atomic E-state index is 0.148. The highest BCUT2D eigenvalue weighted by Gasteiger charge is 2.43. The number of hydrogen-bond donors (Lipinski definition) is 0. The molecule has 3 atom stereocenters. The summed E-state index contributed by atoms with van der Waals surface area (Å²) in [7, 11) is 6.77. The van der Waals surface area contributed by atoms with Crippen LogP contribution in [0.25, 0.3) is 0 Å². The van der Waals surface area contributed by atoms with Crippen molar-refractivity contribution in [2.75, 3.05) is 27.7 Å². The van der Waals surface area contributed by atoms with Crippen LogP contribution in [0.5, 0.6) is 0 Å². The molecule has 2 rings (SSSR count). The molecular weight excluding hydrogens is 304 g/mol. The first kappa shape index (κ1) is 18.8. The zero-order chi connectivity index (χ0) is 17.0. The maximum Gasteiger partial charge on any atom is 0.0458 e. The van der Waals surface area contributed by atoms with Crippen LogP contribution in [0.4, 0.5) is 0 Å². The molecule has 1 aliphatic carbocycles. The molecule has 3 heteroatoms. The molecule has 0 bridgehead atoms. The zero-order valence-corrected chi connectivity index (χ0v) is 16.2. The molecule has 0 heterocycles. The van der Waals surface area contributed by atoms with E-state index in [1.54, 1.807) is 0 Å². The number of rotatable bonds is 6. The summed E-state index contributed by atoms with van der Waals surface area (Å²) in [5.74, 6) is 0.761. The Hall–Kier alpha value is -0.570. The van der Waals surface area contributed by atoms with Gasteiger partial charge in [-0.2, -0.15) is 0 Å². The molecule has 0 radical (unpaired) electrons. The Morgan fingerprint density at radius 3 is 2.30 bits per heavy atom. The fraction of sp³-hybridized carbons (Fsp3) is 0.700. The summed E-state index contributed by atoms with van der Waals surface area (Å²) in [6.07, 6.45) is 6.32. The fourth-order valence-corrected chi connectivity index (χ4v) is 4.59. The minimum Gasteiger partial charge on any atom is -0.303 e. The molecule has 0 amide bonds. The monoisotopic (exact) mass is 336 g/mol. The summed E-state index contributed by atoms with van der Waals surface area (Å²) in [5, 5.41) is 0.826. The van der Waals surface area contributed by atoms with Crippen molar-refractivity contribution in [3.05, 3.63) is 34.9 Å². The van der Waals surface area contributed by atoms with Gasteiger partial charge in [0.15, 0.2) is 0 Å². The molecule has 2 nitrogen and oxygen atoms in total. The smallest absolute Gasteiger partial charge is 0.0458 e. The van der Waals surface area contributed by atoms with E-state index in [0.717, 1.165) is 23.5 Å². The van der Waals surface area contributed by atoms with Gasteiger partial charge in [-0.05, 0) is 77.0 Å². The van der Waals surface area contributed by atoms with Crippen LogP contribution in [-0.2, 0) is 5.54 Å². The third kappa shape index (κ3) is 3.92. The van der Waals surface area contributed by atoms with Gasteiger partial charge in [-0.3, -0.25) is 4.90 Å². The lowest BCUT2D eigenvalue weighted by atomic mass is 9.67. The molecule has 0 aliphatic heterocycles. The van der Waals surface area contributed by atoms with Gasteiger partial charge in [0.25, 0.3) is 0 Å². The van der Waals surface area contributed by atoms with E-state index in [2.05, 4.69) is 56.9 Å². The Morgan fingerprint density at radius 1 is 1.13 bits per heavy atom. The summed E-state index contributed by atoms with van der Waals surface area (Å²) in [6, 6.07) is 9.27. The third-order valence-corrected chi connectivity index (χ3v) is 6.21. The van der Waals surface area contributed by atoms with E-state index >= 15 is 0 Å². The van der Waals surface area contributed by atoms with Crippen molar-refractivity contribution in [2.45, 2.75) is 57.5 Å². The van der Waals surface area contributed by atoms with E-state index < -0.39 is 0 Å². The number of halogens is 1. The fourth-order valence-electron chi connectivity index (χ4n) is 4.46. The van der Waals surface area contributed by atoms with Gasteiger partial charge in [-0.15, -0.1) is 0 Å². The van der Waals surface area contributed by atoms with Crippen molar-refractivity contribution in [3.63, 3.8) is 0 Å². The van der Waals surface area contributed by atoms with Crippen LogP contribution >= 0.6 is 11.6 Å². The second kappa shape index (κ2) is 8.00. The molecule has 0 spiro atoms. The Labute approximate surface area is 147 Å². The number of hydrogen-bond acceptors (Lipinski definition) is 2. The highest BCUT2D eigenvalue weighted by atomic mass is 35.5. The topological polar surface area (TPSA) is 6.48 Å². The van der Waals surface area contributed by atoms with Gasteiger partial charge in [0.05, 0.1) is 0 Å². The summed E-state index contributed by atoms with van der Waals surface area (Å²) < 4.78 is 0. The average molecular weight is 337 g/mol. The maximum atomic E-state index is 6.12. The highest BCUT2D eigenvalue weighted by Crippen LogP contribution is 2.46. The summed E-state index contributed by atoms with van der Waals surface area (Å²) >= 11 is 6.12. The van der Waals surface area contributed by atoms with Crippen LogP contribution in [-0.4, -0.2) is 43.5 Å². The van der Waals surface area contributed by atoms with E-state index in [1.807, 2.05) is 12.1 Å². The second-order valence-electron chi connectivity index (χ2n) is 7.37. The van der Waals surface area contributed by atoms with Crippen molar-refractivity contribution in [2.24, 2.45) is 5.92 Å². The molecule has 1 fully saturated rings. The van der Waals surface area contributed by atoms with Gasteiger partial charge in [0.2, 0.25) is 0 Å². The van der Waals surface area contributed by atoms with Crippen LogP contribution in [0.2, 0.25) is 5.02 Å². The van der Waals surface area contributed by atoms with Crippen molar-refractivity contribution in [3.8, 4) is 0 Å². The normalized spacial score (nSPS) is 28.5. The predicted molar refractivity (Wildman–Crippen MR) is 101 cm³/mol.